The smallest absolute Gasteiger partial charge is 0.237 e. The van der Waals surface area contributed by atoms with Crippen LogP contribution in [0.4, 0.5) is 5.69 Å². The molecule has 3 rings (SSSR count). The number of rotatable bonds is 5. The number of para-hydroxylation sites is 2. The molecule has 6 nitrogen and oxygen atoms in total. The molecular weight excluding hydrogens is 381 g/mol. The number of thioether (sulfide) groups is 1. The van der Waals surface area contributed by atoms with Crippen molar-refractivity contribution in [1.82, 2.24) is 20.2 Å². The average molecular weight is 394 g/mol. The van der Waals surface area contributed by atoms with Crippen LogP contribution in [0, 0.1) is 0 Å². The van der Waals surface area contributed by atoms with Gasteiger partial charge in [-0.15, -0.1) is 5.10 Å². The molecule has 0 fully saturated rings. The van der Waals surface area contributed by atoms with Crippen LogP contribution in [-0.2, 0) is 4.79 Å². The van der Waals surface area contributed by atoms with E-state index in [1.54, 1.807) is 29.8 Å². The lowest BCUT2D eigenvalue weighted by atomic mass is 10.3. The molecule has 9 heteroatoms. The van der Waals surface area contributed by atoms with Gasteiger partial charge in [-0.05, 0) is 41.6 Å². The Balaban J connectivity index is 1.74. The first kappa shape index (κ1) is 17.7. The van der Waals surface area contributed by atoms with Gasteiger partial charge < -0.3 is 5.32 Å². The molecule has 25 heavy (non-hydrogen) atoms. The molecule has 0 saturated carbocycles. The lowest BCUT2D eigenvalue weighted by Crippen LogP contribution is -2.23. The Kier molecular flexibility index (Phi) is 5.57. The van der Waals surface area contributed by atoms with Crippen molar-refractivity contribution >= 4 is 46.6 Å². The second kappa shape index (κ2) is 7.86. The number of carbonyl (C=O) groups is 1. The fourth-order valence-corrected chi connectivity index (χ4v) is 3.34. The molecule has 0 radical (unpaired) electrons. The van der Waals surface area contributed by atoms with Crippen LogP contribution in [0.15, 0.2) is 53.7 Å². The summed E-state index contributed by atoms with van der Waals surface area (Å²) >= 11 is 13.4. The van der Waals surface area contributed by atoms with Crippen LogP contribution in [0.25, 0.3) is 5.69 Å². The highest BCUT2D eigenvalue weighted by Crippen LogP contribution is 2.31. The van der Waals surface area contributed by atoms with E-state index in [4.69, 9.17) is 23.2 Å². The number of anilines is 1. The molecule has 2 aromatic carbocycles. The van der Waals surface area contributed by atoms with Gasteiger partial charge in [-0.25, -0.2) is 0 Å². The summed E-state index contributed by atoms with van der Waals surface area (Å²) in [5, 5.41) is 15.2. The highest BCUT2D eigenvalue weighted by atomic mass is 35.5. The van der Waals surface area contributed by atoms with Crippen molar-refractivity contribution in [3.05, 3.63) is 58.6 Å². The van der Waals surface area contributed by atoms with E-state index < -0.39 is 5.25 Å². The third kappa shape index (κ3) is 4.12. The topological polar surface area (TPSA) is 72.7 Å². The molecule has 128 valence electrons. The van der Waals surface area contributed by atoms with Gasteiger partial charge in [0.1, 0.15) is 0 Å². The predicted octanol–water partition coefficient (Wildman–Crippen LogP) is 4.09. The van der Waals surface area contributed by atoms with Crippen LogP contribution in [0.3, 0.4) is 0 Å². The summed E-state index contributed by atoms with van der Waals surface area (Å²) < 4.78 is 1.58. The third-order valence-electron chi connectivity index (χ3n) is 3.30. The van der Waals surface area contributed by atoms with E-state index in [0.29, 0.717) is 20.9 Å². The fourth-order valence-electron chi connectivity index (χ4n) is 2.04. The molecule has 0 bridgehead atoms. The van der Waals surface area contributed by atoms with Crippen molar-refractivity contribution in [3.8, 4) is 5.69 Å². The van der Waals surface area contributed by atoms with E-state index in [0.717, 1.165) is 5.69 Å². The van der Waals surface area contributed by atoms with Crippen LogP contribution in [0.1, 0.15) is 6.92 Å². The number of carbonyl (C=O) groups excluding carboxylic acids is 1. The number of tetrazole rings is 1. The SMILES string of the molecule is CC(Sc1nnnn1-c1ccccc1)C(=O)Nc1c(Cl)cccc1Cl. The minimum absolute atomic E-state index is 0.248. The van der Waals surface area contributed by atoms with Crippen molar-refractivity contribution in [3.63, 3.8) is 0 Å². The highest BCUT2D eigenvalue weighted by Gasteiger charge is 2.20. The molecule has 0 saturated heterocycles. The predicted molar refractivity (Wildman–Crippen MR) is 99.6 cm³/mol. The average Bonchev–Trinajstić information content (AvgIpc) is 3.07. The van der Waals surface area contributed by atoms with Crippen molar-refractivity contribution < 1.29 is 4.79 Å². The van der Waals surface area contributed by atoms with E-state index >= 15 is 0 Å². The number of amides is 1. The summed E-state index contributed by atoms with van der Waals surface area (Å²) in [6.45, 7) is 1.76. The molecule has 1 N–H and O–H groups in total. The van der Waals surface area contributed by atoms with Gasteiger partial charge in [0.25, 0.3) is 0 Å². The van der Waals surface area contributed by atoms with Gasteiger partial charge >= 0.3 is 0 Å². The summed E-state index contributed by atoms with van der Waals surface area (Å²) in [7, 11) is 0. The minimum atomic E-state index is -0.458. The van der Waals surface area contributed by atoms with E-state index in [-0.39, 0.29) is 5.91 Å². The summed E-state index contributed by atoms with van der Waals surface area (Å²) in [4.78, 5) is 12.5. The van der Waals surface area contributed by atoms with E-state index in [2.05, 4.69) is 20.8 Å². The maximum absolute atomic E-state index is 12.5. The summed E-state index contributed by atoms with van der Waals surface area (Å²) in [5.41, 5.74) is 1.21. The molecule has 0 aliphatic rings. The van der Waals surface area contributed by atoms with Crippen LogP contribution < -0.4 is 5.32 Å². The maximum atomic E-state index is 12.5. The molecule has 1 amide bonds. The molecule has 0 aliphatic carbocycles. The molecule has 1 unspecified atom stereocenters. The first-order chi connectivity index (χ1) is 12.1. The largest absolute Gasteiger partial charge is 0.323 e. The molecule has 0 aliphatic heterocycles. The molecular formula is C16H13Cl2N5OS. The first-order valence-corrected chi connectivity index (χ1v) is 8.95. The number of aromatic nitrogens is 4. The zero-order chi connectivity index (χ0) is 17.8. The van der Waals surface area contributed by atoms with Crippen molar-refractivity contribution in [1.29, 1.82) is 0 Å². The van der Waals surface area contributed by atoms with E-state index in [9.17, 15) is 4.79 Å². The Morgan fingerprint density at radius 1 is 1.12 bits per heavy atom. The van der Waals surface area contributed by atoms with Gasteiger partial charge in [-0.1, -0.05) is 59.2 Å². The number of hydrogen-bond donors (Lipinski definition) is 1. The fraction of sp³-hybridized carbons (Fsp3) is 0.125. The summed E-state index contributed by atoms with van der Waals surface area (Å²) in [6, 6.07) is 14.5. The van der Waals surface area contributed by atoms with Gasteiger partial charge in [0.2, 0.25) is 11.1 Å². The molecule has 0 spiro atoms. The Morgan fingerprint density at radius 2 is 1.80 bits per heavy atom. The second-order valence-corrected chi connectivity index (χ2v) is 7.18. The van der Waals surface area contributed by atoms with Gasteiger partial charge in [-0.2, -0.15) is 4.68 Å². The number of halogens is 2. The number of nitrogens with one attached hydrogen (secondary N) is 1. The Morgan fingerprint density at radius 3 is 2.48 bits per heavy atom. The number of hydrogen-bond acceptors (Lipinski definition) is 5. The van der Waals surface area contributed by atoms with Gasteiger partial charge in [0.05, 0.1) is 26.7 Å². The van der Waals surface area contributed by atoms with E-state index in [1.807, 2.05) is 30.3 Å². The maximum Gasteiger partial charge on any atom is 0.237 e. The normalized spacial score (nSPS) is 12.0. The van der Waals surface area contributed by atoms with Crippen molar-refractivity contribution in [2.24, 2.45) is 0 Å². The van der Waals surface area contributed by atoms with Crippen molar-refractivity contribution in [2.45, 2.75) is 17.3 Å². The van der Waals surface area contributed by atoms with Crippen LogP contribution in [-0.4, -0.2) is 31.4 Å². The van der Waals surface area contributed by atoms with Crippen LogP contribution >= 0.6 is 35.0 Å². The number of nitrogens with zero attached hydrogens (tertiary/aromatic N) is 4. The van der Waals surface area contributed by atoms with Gasteiger partial charge in [-0.3, -0.25) is 4.79 Å². The molecule has 1 aromatic heterocycles. The Hall–Kier alpha value is -2.09. The zero-order valence-electron chi connectivity index (χ0n) is 13.1. The van der Waals surface area contributed by atoms with Crippen molar-refractivity contribution in [2.75, 3.05) is 5.32 Å². The highest BCUT2D eigenvalue weighted by molar-refractivity contribution is 8.00. The van der Waals surface area contributed by atoms with Gasteiger partial charge in [0, 0.05) is 0 Å². The van der Waals surface area contributed by atoms with E-state index in [1.165, 1.54) is 11.8 Å². The van der Waals surface area contributed by atoms with Gasteiger partial charge in [0.15, 0.2) is 0 Å². The quantitative estimate of drug-likeness (QED) is 0.660. The number of benzene rings is 2. The third-order valence-corrected chi connectivity index (χ3v) is 4.97. The Labute approximate surface area is 158 Å². The molecule has 1 atom stereocenters. The van der Waals surface area contributed by atoms with Crippen LogP contribution in [0.5, 0.6) is 0 Å². The zero-order valence-corrected chi connectivity index (χ0v) is 15.4. The summed E-state index contributed by atoms with van der Waals surface area (Å²) in [5.74, 6) is -0.248. The monoisotopic (exact) mass is 393 g/mol. The standard InChI is InChI=1S/C16H13Cl2N5OS/c1-10(15(24)19-14-12(17)8-5-9-13(14)18)25-16-20-21-22-23(16)11-6-3-2-4-7-11/h2-10H,1H3,(H,19,24). The first-order valence-electron chi connectivity index (χ1n) is 7.31. The minimum Gasteiger partial charge on any atom is -0.323 e. The molecule has 3 aromatic rings. The Bertz CT molecular complexity index is 867. The lowest BCUT2D eigenvalue weighted by Gasteiger charge is -2.13. The summed E-state index contributed by atoms with van der Waals surface area (Å²) in [6.07, 6.45) is 0. The second-order valence-electron chi connectivity index (χ2n) is 5.05. The molecule has 1 heterocycles. The lowest BCUT2D eigenvalue weighted by molar-refractivity contribution is -0.115. The van der Waals surface area contributed by atoms with Crippen LogP contribution in [0.2, 0.25) is 10.0 Å².